The van der Waals surface area contributed by atoms with E-state index in [0.29, 0.717) is 29.4 Å². The molecule has 3 heteroatoms. The fourth-order valence-corrected chi connectivity index (χ4v) is 3.43. The SMILES string of the molecule is CC(C)[C@H]1Nc2ccc(C(=O)O)cc2[C@@H]2C=CC[C@@H]12. The molecule has 1 aromatic rings. The summed E-state index contributed by atoms with van der Waals surface area (Å²) in [7, 11) is 0. The van der Waals surface area contributed by atoms with Crippen LogP contribution in [0.3, 0.4) is 0 Å². The fraction of sp³-hybridized carbons (Fsp3) is 0.438. The second-order valence-electron chi connectivity index (χ2n) is 5.87. The fourth-order valence-electron chi connectivity index (χ4n) is 3.43. The minimum Gasteiger partial charge on any atom is -0.478 e. The summed E-state index contributed by atoms with van der Waals surface area (Å²) in [6.07, 6.45) is 5.55. The van der Waals surface area contributed by atoms with Crippen molar-refractivity contribution in [3.63, 3.8) is 0 Å². The number of carboxylic acid groups (broad SMARTS) is 1. The smallest absolute Gasteiger partial charge is 0.335 e. The number of carbonyl (C=O) groups is 1. The number of fused-ring (bicyclic) bond motifs is 3. The Morgan fingerprint density at radius 2 is 2.21 bits per heavy atom. The van der Waals surface area contributed by atoms with Gasteiger partial charge in [0, 0.05) is 17.6 Å². The lowest BCUT2D eigenvalue weighted by Gasteiger charge is -2.39. The third-order valence-corrected chi connectivity index (χ3v) is 4.37. The Bertz CT molecular complexity index is 548. The van der Waals surface area contributed by atoms with E-state index in [2.05, 4.69) is 31.3 Å². The van der Waals surface area contributed by atoms with Crippen LogP contribution in [0, 0.1) is 11.8 Å². The Labute approximate surface area is 113 Å². The van der Waals surface area contributed by atoms with Crippen molar-refractivity contribution in [2.24, 2.45) is 11.8 Å². The quantitative estimate of drug-likeness (QED) is 0.797. The number of nitrogens with one attached hydrogen (secondary N) is 1. The molecule has 0 saturated heterocycles. The van der Waals surface area contributed by atoms with E-state index in [-0.39, 0.29) is 0 Å². The van der Waals surface area contributed by atoms with Gasteiger partial charge in [0.15, 0.2) is 0 Å². The zero-order valence-electron chi connectivity index (χ0n) is 11.3. The number of hydrogen-bond donors (Lipinski definition) is 2. The molecule has 0 amide bonds. The first kappa shape index (κ1) is 12.3. The number of benzene rings is 1. The van der Waals surface area contributed by atoms with Crippen molar-refractivity contribution in [2.45, 2.75) is 32.2 Å². The number of hydrogen-bond acceptors (Lipinski definition) is 2. The number of rotatable bonds is 2. The van der Waals surface area contributed by atoms with Crippen LogP contribution in [0.5, 0.6) is 0 Å². The van der Waals surface area contributed by atoms with Gasteiger partial charge in [-0.25, -0.2) is 4.79 Å². The molecule has 0 bridgehead atoms. The van der Waals surface area contributed by atoms with Gasteiger partial charge in [-0.3, -0.25) is 0 Å². The molecule has 1 aliphatic heterocycles. The molecule has 0 spiro atoms. The molecule has 0 fully saturated rings. The predicted octanol–water partition coefficient (Wildman–Crippen LogP) is 3.49. The normalized spacial score (nSPS) is 27.8. The molecule has 0 aromatic heterocycles. The molecular weight excluding hydrogens is 238 g/mol. The van der Waals surface area contributed by atoms with Crippen molar-refractivity contribution < 1.29 is 9.90 Å². The molecule has 19 heavy (non-hydrogen) atoms. The Morgan fingerprint density at radius 1 is 1.42 bits per heavy atom. The van der Waals surface area contributed by atoms with Crippen molar-refractivity contribution in [3.8, 4) is 0 Å². The van der Waals surface area contributed by atoms with Crippen LogP contribution in [0.2, 0.25) is 0 Å². The predicted molar refractivity (Wildman–Crippen MR) is 75.6 cm³/mol. The van der Waals surface area contributed by atoms with Crippen LogP contribution >= 0.6 is 0 Å². The third kappa shape index (κ3) is 1.93. The zero-order valence-corrected chi connectivity index (χ0v) is 11.3. The molecular formula is C16H19NO2. The topological polar surface area (TPSA) is 49.3 Å². The van der Waals surface area contributed by atoms with E-state index in [1.54, 1.807) is 6.07 Å². The molecule has 0 unspecified atom stereocenters. The lowest BCUT2D eigenvalue weighted by atomic mass is 9.75. The summed E-state index contributed by atoms with van der Waals surface area (Å²) in [6, 6.07) is 5.89. The first-order chi connectivity index (χ1) is 9.08. The molecule has 2 N–H and O–H groups in total. The van der Waals surface area contributed by atoms with E-state index in [9.17, 15) is 4.79 Å². The van der Waals surface area contributed by atoms with Crippen molar-refractivity contribution >= 4 is 11.7 Å². The number of aromatic carboxylic acids is 1. The van der Waals surface area contributed by atoms with Gasteiger partial charge in [0.05, 0.1) is 5.56 Å². The van der Waals surface area contributed by atoms with Gasteiger partial charge in [0.25, 0.3) is 0 Å². The lowest BCUT2D eigenvalue weighted by molar-refractivity contribution is 0.0696. The van der Waals surface area contributed by atoms with Gasteiger partial charge in [0.1, 0.15) is 0 Å². The summed E-state index contributed by atoms with van der Waals surface area (Å²) >= 11 is 0. The minimum absolute atomic E-state index is 0.364. The van der Waals surface area contributed by atoms with Crippen LogP contribution in [0.4, 0.5) is 5.69 Å². The molecule has 3 nitrogen and oxygen atoms in total. The van der Waals surface area contributed by atoms with Crippen LogP contribution in [0.15, 0.2) is 30.4 Å². The maximum Gasteiger partial charge on any atom is 0.335 e. The molecule has 1 aliphatic carbocycles. The van der Waals surface area contributed by atoms with Crippen LogP contribution in [-0.4, -0.2) is 17.1 Å². The minimum atomic E-state index is -0.854. The highest BCUT2D eigenvalue weighted by atomic mass is 16.4. The lowest BCUT2D eigenvalue weighted by Crippen LogP contribution is -2.39. The van der Waals surface area contributed by atoms with Crippen LogP contribution in [0.25, 0.3) is 0 Å². The maximum atomic E-state index is 11.1. The number of anilines is 1. The zero-order chi connectivity index (χ0) is 13.6. The van der Waals surface area contributed by atoms with E-state index >= 15 is 0 Å². The highest BCUT2D eigenvalue weighted by Crippen LogP contribution is 2.46. The summed E-state index contributed by atoms with van der Waals surface area (Å²) in [6.45, 7) is 4.48. The molecule has 1 aromatic carbocycles. The number of allylic oxidation sites excluding steroid dienone is 2. The first-order valence-corrected chi connectivity index (χ1v) is 6.88. The van der Waals surface area contributed by atoms with Gasteiger partial charge in [-0.2, -0.15) is 0 Å². The Hall–Kier alpha value is -1.77. The first-order valence-electron chi connectivity index (χ1n) is 6.88. The third-order valence-electron chi connectivity index (χ3n) is 4.37. The molecule has 0 radical (unpaired) electrons. The summed E-state index contributed by atoms with van der Waals surface area (Å²) in [4.78, 5) is 11.1. The molecule has 2 aliphatic rings. The summed E-state index contributed by atoms with van der Waals surface area (Å²) < 4.78 is 0. The van der Waals surface area contributed by atoms with E-state index < -0.39 is 5.97 Å². The molecule has 3 atom stereocenters. The van der Waals surface area contributed by atoms with Gasteiger partial charge in [0.2, 0.25) is 0 Å². The summed E-state index contributed by atoms with van der Waals surface area (Å²) in [5, 5.41) is 12.7. The van der Waals surface area contributed by atoms with Crippen LogP contribution in [-0.2, 0) is 0 Å². The average Bonchev–Trinajstić information content (AvgIpc) is 2.86. The van der Waals surface area contributed by atoms with Crippen molar-refractivity contribution in [2.75, 3.05) is 5.32 Å². The number of carboxylic acids is 1. The monoisotopic (exact) mass is 257 g/mol. The molecule has 1 heterocycles. The highest BCUT2D eigenvalue weighted by Gasteiger charge is 2.38. The average molecular weight is 257 g/mol. The van der Waals surface area contributed by atoms with E-state index in [1.165, 1.54) is 0 Å². The Balaban J connectivity index is 2.05. The van der Waals surface area contributed by atoms with E-state index in [0.717, 1.165) is 17.7 Å². The standard InChI is InChI=1S/C16H19NO2/c1-9(2)15-12-5-3-4-11(12)13-8-10(16(18)19)6-7-14(13)17-15/h3-4,6-9,11-12,15,17H,5H2,1-2H3,(H,18,19)/t11-,12-,15-/m1/s1. The van der Waals surface area contributed by atoms with Gasteiger partial charge in [-0.1, -0.05) is 26.0 Å². The van der Waals surface area contributed by atoms with Crippen molar-refractivity contribution in [1.82, 2.24) is 0 Å². The van der Waals surface area contributed by atoms with Crippen LogP contribution < -0.4 is 5.32 Å². The molecule has 3 rings (SSSR count). The Kier molecular flexibility index (Phi) is 2.85. The van der Waals surface area contributed by atoms with Gasteiger partial charge in [-0.15, -0.1) is 0 Å². The largest absolute Gasteiger partial charge is 0.478 e. The van der Waals surface area contributed by atoms with E-state index in [1.807, 2.05) is 12.1 Å². The molecule has 0 saturated carbocycles. The van der Waals surface area contributed by atoms with Gasteiger partial charge in [-0.05, 0) is 42.0 Å². The summed E-state index contributed by atoms with van der Waals surface area (Å²) in [5.41, 5.74) is 2.61. The van der Waals surface area contributed by atoms with E-state index in [4.69, 9.17) is 5.11 Å². The van der Waals surface area contributed by atoms with Gasteiger partial charge >= 0.3 is 5.97 Å². The Morgan fingerprint density at radius 3 is 2.89 bits per heavy atom. The van der Waals surface area contributed by atoms with Crippen molar-refractivity contribution in [1.29, 1.82) is 0 Å². The van der Waals surface area contributed by atoms with Gasteiger partial charge < -0.3 is 10.4 Å². The maximum absolute atomic E-state index is 11.1. The van der Waals surface area contributed by atoms with Crippen LogP contribution in [0.1, 0.15) is 42.1 Å². The second-order valence-corrected chi connectivity index (χ2v) is 5.87. The summed E-state index contributed by atoms with van der Waals surface area (Å²) in [5.74, 6) is 0.631. The highest BCUT2D eigenvalue weighted by molar-refractivity contribution is 5.88. The molecule has 100 valence electrons. The van der Waals surface area contributed by atoms with Crippen molar-refractivity contribution in [3.05, 3.63) is 41.5 Å². The second kappa shape index (κ2) is 4.41.